The molecule has 1 unspecified atom stereocenters. The van der Waals surface area contributed by atoms with Gasteiger partial charge in [0.05, 0.1) is 11.6 Å². The molecule has 1 aliphatic heterocycles. The second-order valence-electron chi connectivity index (χ2n) is 5.70. The van der Waals surface area contributed by atoms with Crippen molar-refractivity contribution in [2.24, 2.45) is 5.92 Å². The molecule has 1 N–H and O–H groups in total. The lowest BCUT2D eigenvalue weighted by Gasteiger charge is -2.30. The Morgan fingerprint density at radius 2 is 2.36 bits per heavy atom. The van der Waals surface area contributed by atoms with Crippen LogP contribution in [0.2, 0.25) is 5.02 Å². The molecule has 0 bridgehead atoms. The molecule has 1 fully saturated rings. The number of carbonyl (C=O) groups excluding carboxylic acids is 1. The van der Waals surface area contributed by atoms with Crippen LogP contribution in [-0.4, -0.2) is 37.2 Å². The summed E-state index contributed by atoms with van der Waals surface area (Å²) in [6, 6.07) is 5.56. The first-order valence-corrected chi connectivity index (χ1v) is 8.84. The van der Waals surface area contributed by atoms with Crippen molar-refractivity contribution in [2.45, 2.75) is 26.2 Å². The molecule has 0 spiro atoms. The number of ether oxygens (including phenoxy) is 1. The number of likely N-dealkylation sites (tertiary alicyclic amines) is 1. The Balaban J connectivity index is 1.63. The van der Waals surface area contributed by atoms with Crippen LogP contribution >= 0.6 is 27.5 Å². The molecule has 4 nitrogen and oxygen atoms in total. The number of benzene rings is 1. The minimum absolute atomic E-state index is 0.0354. The lowest BCUT2D eigenvalue weighted by atomic mass is 10.0. The fourth-order valence-electron chi connectivity index (χ4n) is 2.53. The number of nitrogens with one attached hydrogen (secondary N) is 1. The van der Waals surface area contributed by atoms with Gasteiger partial charge in [0.15, 0.2) is 0 Å². The van der Waals surface area contributed by atoms with Gasteiger partial charge in [-0.15, -0.1) is 0 Å². The Hall–Kier alpha value is -0.940. The Morgan fingerprint density at radius 1 is 1.55 bits per heavy atom. The third kappa shape index (κ3) is 5.36. The second kappa shape index (κ2) is 8.63. The van der Waals surface area contributed by atoms with Gasteiger partial charge < -0.3 is 15.0 Å². The highest BCUT2D eigenvalue weighted by Crippen LogP contribution is 2.27. The second-order valence-corrected chi connectivity index (χ2v) is 7.02. The average molecular weight is 390 g/mol. The van der Waals surface area contributed by atoms with Crippen molar-refractivity contribution in [1.82, 2.24) is 10.2 Å². The SMILES string of the molecule is CC1CCCN(C(=O)NCCCOc2ccc(Br)cc2Cl)C1. The molecule has 0 aromatic heterocycles. The maximum absolute atomic E-state index is 12.0. The average Bonchev–Trinajstić information content (AvgIpc) is 2.48. The van der Waals surface area contributed by atoms with Crippen LogP contribution in [0.3, 0.4) is 0 Å². The van der Waals surface area contributed by atoms with Crippen LogP contribution in [0.4, 0.5) is 4.79 Å². The Bertz CT molecular complexity index is 513. The van der Waals surface area contributed by atoms with Crippen LogP contribution in [0.25, 0.3) is 0 Å². The minimum atomic E-state index is 0.0354. The fourth-order valence-corrected chi connectivity index (χ4v) is 3.26. The standard InChI is InChI=1S/C16H22BrClN2O2/c1-12-4-2-8-20(11-12)16(21)19-7-3-9-22-15-6-5-13(17)10-14(15)18/h5-6,10,12H,2-4,7-9,11H2,1H3,(H,19,21). The topological polar surface area (TPSA) is 41.6 Å². The van der Waals surface area contributed by atoms with E-state index in [9.17, 15) is 4.79 Å². The molecule has 2 amide bonds. The molecule has 22 heavy (non-hydrogen) atoms. The van der Waals surface area contributed by atoms with Gasteiger partial charge in [-0.05, 0) is 43.4 Å². The first-order chi connectivity index (χ1) is 10.6. The van der Waals surface area contributed by atoms with Gasteiger partial charge in [0.1, 0.15) is 5.75 Å². The van der Waals surface area contributed by atoms with Crippen molar-refractivity contribution >= 4 is 33.6 Å². The molecule has 2 rings (SSSR count). The zero-order chi connectivity index (χ0) is 15.9. The summed E-state index contributed by atoms with van der Waals surface area (Å²) in [5.74, 6) is 1.27. The van der Waals surface area contributed by atoms with E-state index in [0.717, 1.165) is 30.4 Å². The van der Waals surface area contributed by atoms with Gasteiger partial charge in [-0.3, -0.25) is 0 Å². The molecule has 1 aromatic rings. The Kier molecular flexibility index (Phi) is 6.83. The highest BCUT2D eigenvalue weighted by Gasteiger charge is 2.20. The van der Waals surface area contributed by atoms with Gasteiger partial charge in [0, 0.05) is 24.1 Å². The predicted molar refractivity (Wildman–Crippen MR) is 92.6 cm³/mol. The van der Waals surface area contributed by atoms with E-state index in [-0.39, 0.29) is 6.03 Å². The van der Waals surface area contributed by atoms with Crippen LogP contribution in [-0.2, 0) is 0 Å². The normalized spacial score (nSPS) is 18.1. The van der Waals surface area contributed by atoms with Gasteiger partial charge in [0.25, 0.3) is 0 Å². The van der Waals surface area contributed by atoms with Crippen molar-refractivity contribution in [2.75, 3.05) is 26.2 Å². The Morgan fingerprint density at radius 3 is 3.09 bits per heavy atom. The molecular weight excluding hydrogens is 368 g/mol. The van der Waals surface area contributed by atoms with Gasteiger partial charge in [-0.1, -0.05) is 34.5 Å². The molecular formula is C16H22BrClN2O2. The summed E-state index contributed by atoms with van der Waals surface area (Å²) in [6.07, 6.45) is 3.06. The number of rotatable bonds is 5. The quantitative estimate of drug-likeness (QED) is 0.762. The number of hydrogen-bond donors (Lipinski definition) is 1. The molecule has 1 heterocycles. The monoisotopic (exact) mass is 388 g/mol. The van der Waals surface area contributed by atoms with Gasteiger partial charge >= 0.3 is 6.03 Å². The van der Waals surface area contributed by atoms with Crippen LogP contribution in [0.1, 0.15) is 26.2 Å². The summed E-state index contributed by atoms with van der Waals surface area (Å²) in [6.45, 7) is 5.04. The van der Waals surface area contributed by atoms with Crippen molar-refractivity contribution in [3.8, 4) is 5.75 Å². The maximum Gasteiger partial charge on any atom is 0.317 e. The van der Waals surface area contributed by atoms with Gasteiger partial charge in [0.2, 0.25) is 0 Å². The van der Waals surface area contributed by atoms with Gasteiger partial charge in [-0.2, -0.15) is 0 Å². The lowest BCUT2D eigenvalue weighted by molar-refractivity contribution is 0.169. The number of urea groups is 1. The summed E-state index contributed by atoms with van der Waals surface area (Å²) in [7, 11) is 0. The van der Waals surface area contributed by atoms with E-state index in [4.69, 9.17) is 16.3 Å². The summed E-state index contributed by atoms with van der Waals surface area (Å²) < 4.78 is 6.54. The molecule has 6 heteroatoms. The van der Waals surface area contributed by atoms with Crippen LogP contribution in [0.15, 0.2) is 22.7 Å². The molecule has 1 aromatic carbocycles. The summed E-state index contributed by atoms with van der Waals surface area (Å²) in [5, 5.41) is 3.53. The van der Waals surface area contributed by atoms with E-state index >= 15 is 0 Å². The third-order valence-electron chi connectivity index (χ3n) is 3.69. The van der Waals surface area contributed by atoms with E-state index in [1.807, 2.05) is 17.0 Å². The molecule has 0 radical (unpaired) electrons. The number of hydrogen-bond acceptors (Lipinski definition) is 2. The van der Waals surface area contributed by atoms with E-state index in [2.05, 4.69) is 28.2 Å². The van der Waals surface area contributed by atoms with Crippen molar-refractivity contribution < 1.29 is 9.53 Å². The number of halogens is 2. The van der Waals surface area contributed by atoms with Crippen molar-refractivity contribution in [3.63, 3.8) is 0 Å². The van der Waals surface area contributed by atoms with E-state index in [1.54, 1.807) is 6.07 Å². The lowest BCUT2D eigenvalue weighted by Crippen LogP contribution is -2.45. The van der Waals surface area contributed by atoms with E-state index < -0.39 is 0 Å². The first kappa shape index (κ1) is 17.4. The van der Waals surface area contributed by atoms with Crippen LogP contribution in [0.5, 0.6) is 5.75 Å². The van der Waals surface area contributed by atoms with Crippen LogP contribution < -0.4 is 10.1 Å². The van der Waals surface area contributed by atoms with E-state index in [0.29, 0.717) is 29.8 Å². The molecule has 0 aliphatic carbocycles. The van der Waals surface area contributed by atoms with Crippen LogP contribution in [0, 0.1) is 5.92 Å². The zero-order valence-corrected chi connectivity index (χ0v) is 15.1. The highest BCUT2D eigenvalue weighted by atomic mass is 79.9. The molecule has 0 saturated carbocycles. The minimum Gasteiger partial charge on any atom is -0.492 e. The largest absolute Gasteiger partial charge is 0.492 e. The number of carbonyl (C=O) groups is 1. The summed E-state index contributed by atoms with van der Waals surface area (Å²) in [5.41, 5.74) is 0. The molecule has 1 aliphatic rings. The smallest absolute Gasteiger partial charge is 0.317 e. The highest BCUT2D eigenvalue weighted by molar-refractivity contribution is 9.10. The molecule has 122 valence electrons. The number of nitrogens with zero attached hydrogens (tertiary/aromatic N) is 1. The maximum atomic E-state index is 12.0. The fraction of sp³-hybridized carbons (Fsp3) is 0.562. The summed E-state index contributed by atoms with van der Waals surface area (Å²) >= 11 is 9.43. The number of amides is 2. The van der Waals surface area contributed by atoms with E-state index in [1.165, 1.54) is 6.42 Å². The Labute approximate surface area is 145 Å². The van der Waals surface area contributed by atoms with Gasteiger partial charge in [-0.25, -0.2) is 4.79 Å². The predicted octanol–water partition coefficient (Wildman–Crippen LogP) is 4.31. The molecule has 1 atom stereocenters. The zero-order valence-electron chi connectivity index (χ0n) is 12.8. The first-order valence-electron chi connectivity index (χ1n) is 7.67. The number of piperidine rings is 1. The van der Waals surface area contributed by atoms with Crippen molar-refractivity contribution in [1.29, 1.82) is 0 Å². The van der Waals surface area contributed by atoms with Crippen molar-refractivity contribution in [3.05, 3.63) is 27.7 Å². The third-order valence-corrected chi connectivity index (χ3v) is 4.48. The molecule has 1 saturated heterocycles. The summed E-state index contributed by atoms with van der Waals surface area (Å²) in [4.78, 5) is 13.9.